The molecule has 0 fully saturated rings. The molecule has 0 saturated carbocycles. The summed E-state index contributed by atoms with van der Waals surface area (Å²) < 4.78 is 41.4. The van der Waals surface area contributed by atoms with Gasteiger partial charge in [-0.1, -0.05) is 26.0 Å². The maximum atomic E-state index is 12.0. The smallest absolute Gasteiger partial charge is 0.471 e. The molecule has 0 spiro atoms. The Kier molecular flexibility index (Phi) is 7.54. The van der Waals surface area contributed by atoms with Crippen LogP contribution in [0.4, 0.5) is 13.2 Å². The first-order valence-electron chi connectivity index (χ1n) is 7.99. The van der Waals surface area contributed by atoms with E-state index in [-0.39, 0.29) is 13.2 Å². The van der Waals surface area contributed by atoms with Crippen molar-refractivity contribution in [2.24, 2.45) is 0 Å². The van der Waals surface area contributed by atoms with Crippen LogP contribution in [0.3, 0.4) is 0 Å². The van der Waals surface area contributed by atoms with Crippen molar-refractivity contribution in [3.63, 3.8) is 0 Å². The Bertz CT molecular complexity index is 528. The summed E-state index contributed by atoms with van der Waals surface area (Å²) in [4.78, 5) is 10.7. The quantitative estimate of drug-likeness (QED) is 0.674. The monoisotopic (exact) mass is 347 g/mol. The lowest BCUT2D eigenvalue weighted by atomic mass is 9.90. The van der Waals surface area contributed by atoms with Crippen LogP contribution in [-0.4, -0.2) is 35.9 Å². The summed E-state index contributed by atoms with van der Waals surface area (Å²) >= 11 is 0. The van der Waals surface area contributed by atoms with E-state index in [2.05, 4.69) is 0 Å². The average molecular weight is 347 g/mol. The number of aliphatic hydroxyl groups is 1. The van der Waals surface area contributed by atoms with Crippen LogP contribution in [0, 0.1) is 0 Å². The van der Waals surface area contributed by atoms with Crippen molar-refractivity contribution in [3.05, 3.63) is 29.8 Å². The van der Waals surface area contributed by atoms with E-state index in [0.29, 0.717) is 31.4 Å². The van der Waals surface area contributed by atoms with E-state index < -0.39 is 17.7 Å². The van der Waals surface area contributed by atoms with Gasteiger partial charge >= 0.3 is 12.1 Å². The second-order valence-electron chi connectivity index (χ2n) is 5.68. The van der Waals surface area contributed by atoms with Crippen molar-refractivity contribution in [2.75, 3.05) is 13.2 Å². The molecular weight excluding hydrogens is 323 g/mol. The highest BCUT2D eigenvalue weighted by Gasteiger charge is 2.38. The van der Waals surface area contributed by atoms with E-state index in [4.69, 9.17) is 4.74 Å². The number of carbonyl (C=O) groups excluding carboxylic acids is 1. The molecule has 1 aromatic carbocycles. The van der Waals surface area contributed by atoms with Gasteiger partial charge in [0.25, 0.3) is 0 Å². The third kappa shape index (κ3) is 6.78. The number of ether oxygens (including phenoxy) is 1. The molecule has 2 N–H and O–H groups in total. The molecule has 0 aliphatic carbocycles. The highest BCUT2D eigenvalue weighted by Crippen LogP contribution is 2.23. The molecule has 0 aliphatic rings. The van der Waals surface area contributed by atoms with E-state index in [0.717, 1.165) is 5.56 Å². The first-order valence-corrected chi connectivity index (χ1v) is 7.99. The molecule has 24 heavy (non-hydrogen) atoms. The summed E-state index contributed by atoms with van der Waals surface area (Å²) in [6.07, 6.45) is -2.21. The maximum absolute atomic E-state index is 12.0. The highest BCUT2D eigenvalue weighted by molar-refractivity contribution is 5.81. The van der Waals surface area contributed by atoms with Crippen molar-refractivity contribution in [3.8, 4) is 5.75 Å². The normalized spacial score (nSPS) is 12.1. The van der Waals surface area contributed by atoms with Gasteiger partial charge in [-0.05, 0) is 43.4 Å². The molecule has 0 atom stereocenters. The zero-order valence-corrected chi connectivity index (χ0v) is 13.9. The number of benzene rings is 1. The molecule has 0 bridgehead atoms. The van der Waals surface area contributed by atoms with Crippen molar-refractivity contribution in [2.45, 2.75) is 51.3 Å². The fraction of sp³-hybridized carbons (Fsp3) is 0.588. The zero-order chi connectivity index (χ0) is 18.2. The molecule has 0 aromatic heterocycles. The van der Waals surface area contributed by atoms with Gasteiger partial charge in [-0.15, -0.1) is 0 Å². The number of aryl methyl sites for hydroxylation is 1. The number of nitrogens with one attached hydrogen (secondary N) is 1. The number of carbonyl (C=O) groups is 1. The molecule has 1 aromatic rings. The Morgan fingerprint density at radius 1 is 1.25 bits per heavy atom. The fourth-order valence-corrected chi connectivity index (χ4v) is 2.21. The predicted octanol–water partition coefficient (Wildman–Crippen LogP) is 3.23. The molecule has 1 amide bonds. The largest absolute Gasteiger partial charge is 0.492 e. The van der Waals surface area contributed by atoms with Crippen molar-refractivity contribution < 1.29 is 27.8 Å². The molecule has 0 radical (unpaired) electrons. The third-order valence-corrected chi connectivity index (χ3v) is 4.01. The molecule has 0 saturated heterocycles. The van der Waals surface area contributed by atoms with Crippen LogP contribution in [0.2, 0.25) is 0 Å². The van der Waals surface area contributed by atoms with Crippen LogP contribution in [0.15, 0.2) is 24.3 Å². The number of hydrogen-bond donors (Lipinski definition) is 2. The van der Waals surface area contributed by atoms with Crippen molar-refractivity contribution in [1.29, 1.82) is 0 Å². The van der Waals surface area contributed by atoms with Gasteiger partial charge in [0.05, 0.1) is 12.1 Å². The van der Waals surface area contributed by atoms with E-state index in [1.807, 2.05) is 19.9 Å². The van der Waals surface area contributed by atoms with Crippen LogP contribution < -0.4 is 10.1 Å². The highest BCUT2D eigenvalue weighted by atomic mass is 19.4. The number of halogens is 3. The van der Waals surface area contributed by atoms with Gasteiger partial charge < -0.3 is 15.2 Å². The second-order valence-corrected chi connectivity index (χ2v) is 5.68. The predicted molar refractivity (Wildman–Crippen MR) is 84.9 cm³/mol. The van der Waals surface area contributed by atoms with E-state index in [9.17, 15) is 23.1 Å². The van der Waals surface area contributed by atoms with Crippen molar-refractivity contribution >= 4 is 5.91 Å². The molecule has 136 valence electrons. The van der Waals surface area contributed by atoms with Gasteiger partial charge in [0, 0.05) is 0 Å². The molecule has 0 heterocycles. The Labute approximate surface area is 140 Å². The molecule has 0 unspecified atom stereocenters. The van der Waals surface area contributed by atoms with Gasteiger partial charge in [0.2, 0.25) is 0 Å². The van der Waals surface area contributed by atoms with E-state index in [1.54, 1.807) is 23.5 Å². The van der Waals surface area contributed by atoms with Crippen molar-refractivity contribution in [1.82, 2.24) is 5.32 Å². The van der Waals surface area contributed by atoms with Gasteiger partial charge in [0.15, 0.2) is 0 Å². The number of amides is 1. The standard InChI is InChI=1S/C17H24F3NO3/c1-3-16(23,4-2)9-8-13-6-5-7-14(12-13)24-11-10-21-15(22)17(18,19)20/h5-7,12,23H,3-4,8-11H2,1-2H3,(H,21,22). The summed E-state index contributed by atoms with van der Waals surface area (Å²) in [5.74, 6) is -1.46. The zero-order valence-electron chi connectivity index (χ0n) is 13.9. The molecule has 4 nitrogen and oxygen atoms in total. The fourth-order valence-electron chi connectivity index (χ4n) is 2.21. The maximum Gasteiger partial charge on any atom is 0.471 e. The van der Waals surface area contributed by atoms with Crippen LogP contribution in [0.25, 0.3) is 0 Å². The minimum absolute atomic E-state index is 0.0564. The Morgan fingerprint density at radius 3 is 2.50 bits per heavy atom. The number of hydrogen-bond acceptors (Lipinski definition) is 3. The van der Waals surface area contributed by atoms with Gasteiger partial charge in [-0.2, -0.15) is 13.2 Å². The molecule has 1 rings (SSSR count). The third-order valence-electron chi connectivity index (χ3n) is 4.01. The molecule has 0 aliphatic heterocycles. The lowest BCUT2D eigenvalue weighted by molar-refractivity contribution is -0.173. The average Bonchev–Trinajstić information content (AvgIpc) is 2.56. The summed E-state index contributed by atoms with van der Waals surface area (Å²) in [5, 5.41) is 12.0. The van der Waals surface area contributed by atoms with Gasteiger partial charge in [-0.3, -0.25) is 4.79 Å². The van der Waals surface area contributed by atoms with Gasteiger partial charge in [-0.25, -0.2) is 0 Å². The molecular formula is C17H24F3NO3. The number of alkyl halides is 3. The van der Waals surface area contributed by atoms with Crippen LogP contribution in [0.1, 0.15) is 38.7 Å². The summed E-state index contributed by atoms with van der Waals surface area (Å²) in [5.41, 5.74) is 0.297. The Balaban J connectivity index is 2.44. The lowest BCUT2D eigenvalue weighted by Crippen LogP contribution is -2.38. The first kappa shape index (κ1) is 20.3. The topological polar surface area (TPSA) is 58.6 Å². The minimum Gasteiger partial charge on any atom is -0.492 e. The summed E-state index contributed by atoms with van der Waals surface area (Å²) in [7, 11) is 0. The Hall–Kier alpha value is -1.76. The SMILES string of the molecule is CCC(O)(CC)CCc1cccc(OCCNC(=O)C(F)(F)F)c1. The Morgan fingerprint density at radius 2 is 1.92 bits per heavy atom. The van der Waals surface area contributed by atoms with Crippen LogP contribution in [0.5, 0.6) is 5.75 Å². The summed E-state index contributed by atoms with van der Waals surface area (Å²) in [6, 6.07) is 7.18. The van der Waals surface area contributed by atoms with Crippen LogP contribution >= 0.6 is 0 Å². The first-order chi connectivity index (χ1) is 11.2. The van der Waals surface area contributed by atoms with E-state index >= 15 is 0 Å². The molecule has 7 heteroatoms. The van der Waals surface area contributed by atoms with Crippen LogP contribution in [-0.2, 0) is 11.2 Å². The van der Waals surface area contributed by atoms with Gasteiger partial charge in [0.1, 0.15) is 12.4 Å². The van der Waals surface area contributed by atoms with E-state index in [1.165, 1.54) is 0 Å². The minimum atomic E-state index is -4.88. The number of rotatable bonds is 9. The summed E-state index contributed by atoms with van der Waals surface area (Å²) in [6.45, 7) is 3.60. The lowest BCUT2D eigenvalue weighted by Gasteiger charge is -2.25. The second kappa shape index (κ2) is 8.92.